The summed E-state index contributed by atoms with van der Waals surface area (Å²) < 4.78 is 27.8. The van der Waals surface area contributed by atoms with E-state index in [9.17, 15) is 28.4 Å². The van der Waals surface area contributed by atoms with E-state index in [0.29, 0.717) is 15.5 Å². The van der Waals surface area contributed by atoms with Crippen LogP contribution < -0.4 is 4.72 Å². The van der Waals surface area contributed by atoms with Gasteiger partial charge in [-0.3, -0.25) is 14.8 Å². The molecule has 0 heterocycles. The first kappa shape index (κ1) is 23.9. The highest BCUT2D eigenvalue weighted by atomic mass is 35.5. The smallest absolute Gasteiger partial charge is 0.337 e. The molecule has 0 atom stereocenters. The minimum absolute atomic E-state index is 0.153. The van der Waals surface area contributed by atoms with E-state index in [-0.39, 0.29) is 26.1 Å². The lowest BCUT2D eigenvalue weighted by atomic mass is 10.1. The lowest BCUT2D eigenvalue weighted by Gasteiger charge is -2.12. The van der Waals surface area contributed by atoms with Crippen LogP contribution >= 0.6 is 35.0 Å². The van der Waals surface area contributed by atoms with E-state index in [1.165, 1.54) is 30.3 Å². The molecule has 3 aromatic carbocycles. The second-order valence-corrected chi connectivity index (χ2v) is 10.1. The Morgan fingerprint density at radius 1 is 1.06 bits per heavy atom. The van der Waals surface area contributed by atoms with E-state index in [0.717, 1.165) is 17.8 Å². The molecular formula is C20H14Cl2N2O6S2. The van der Waals surface area contributed by atoms with Gasteiger partial charge < -0.3 is 5.11 Å². The zero-order chi connectivity index (χ0) is 23.6. The van der Waals surface area contributed by atoms with E-state index < -0.39 is 26.6 Å². The Kier molecular flexibility index (Phi) is 6.99. The van der Waals surface area contributed by atoms with Gasteiger partial charge in [-0.1, -0.05) is 46.6 Å². The average Bonchev–Trinajstić information content (AvgIpc) is 2.71. The Labute approximate surface area is 197 Å². The van der Waals surface area contributed by atoms with Crippen LogP contribution in [0.25, 0.3) is 0 Å². The lowest BCUT2D eigenvalue weighted by molar-refractivity contribution is -0.388. The molecule has 0 radical (unpaired) electrons. The summed E-state index contributed by atoms with van der Waals surface area (Å²) in [7, 11) is -4.31. The second-order valence-electron chi connectivity index (χ2n) is 6.52. The lowest BCUT2D eigenvalue weighted by Crippen LogP contribution is -2.16. The number of nitro benzene ring substituents is 1. The topological polar surface area (TPSA) is 127 Å². The average molecular weight is 513 g/mol. The number of carbonyl (C=O) groups is 1. The summed E-state index contributed by atoms with van der Waals surface area (Å²) in [6, 6.07) is 12.3. The van der Waals surface area contributed by atoms with Gasteiger partial charge in [-0.2, -0.15) is 0 Å². The Hall–Kier alpha value is -2.79. The molecule has 2 N–H and O–H groups in total. The van der Waals surface area contributed by atoms with Gasteiger partial charge in [-0.25, -0.2) is 13.2 Å². The Morgan fingerprint density at radius 2 is 1.78 bits per heavy atom. The molecule has 8 nitrogen and oxygen atoms in total. The van der Waals surface area contributed by atoms with Crippen molar-refractivity contribution in [1.82, 2.24) is 0 Å². The van der Waals surface area contributed by atoms with Crippen LogP contribution in [0.2, 0.25) is 10.0 Å². The number of hydrogen-bond donors (Lipinski definition) is 2. The molecule has 3 aromatic rings. The van der Waals surface area contributed by atoms with Gasteiger partial charge in [0.25, 0.3) is 15.7 Å². The number of anilines is 1. The number of rotatable bonds is 7. The van der Waals surface area contributed by atoms with Crippen molar-refractivity contribution in [1.29, 1.82) is 0 Å². The van der Waals surface area contributed by atoms with Gasteiger partial charge in [0.15, 0.2) is 0 Å². The minimum Gasteiger partial charge on any atom is -0.478 e. The zero-order valence-corrected chi connectivity index (χ0v) is 19.3. The van der Waals surface area contributed by atoms with Gasteiger partial charge in [0.2, 0.25) is 0 Å². The third kappa shape index (κ3) is 5.33. The number of sulfonamides is 1. The van der Waals surface area contributed by atoms with Crippen molar-refractivity contribution in [3.63, 3.8) is 0 Å². The first-order valence-electron chi connectivity index (χ1n) is 8.76. The third-order valence-electron chi connectivity index (χ3n) is 4.21. The van der Waals surface area contributed by atoms with Crippen LogP contribution in [-0.2, 0) is 10.0 Å². The van der Waals surface area contributed by atoms with Crippen molar-refractivity contribution in [3.05, 3.63) is 85.9 Å². The molecular weight excluding hydrogens is 499 g/mol. The summed E-state index contributed by atoms with van der Waals surface area (Å²) in [5.41, 5.74) is -0.203. The quantitative estimate of drug-likeness (QED) is 0.299. The number of benzene rings is 3. The van der Waals surface area contributed by atoms with Crippen LogP contribution in [-0.4, -0.2) is 24.4 Å². The molecule has 0 unspecified atom stereocenters. The third-order valence-corrected chi connectivity index (χ3v) is 7.36. The molecule has 0 fully saturated rings. The fraction of sp³-hybridized carbons (Fsp3) is 0.0500. The number of nitrogens with one attached hydrogen (secondary N) is 1. The fourth-order valence-electron chi connectivity index (χ4n) is 2.69. The molecule has 0 aliphatic carbocycles. The highest BCUT2D eigenvalue weighted by Gasteiger charge is 2.24. The van der Waals surface area contributed by atoms with Gasteiger partial charge in [-0.05, 0) is 49.4 Å². The van der Waals surface area contributed by atoms with Gasteiger partial charge in [0.1, 0.15) is 0 Å². The summed E-state index contributed by atoms with van der Waals surface area (Å²) in [4.78, 5) is 22.7. The van der Waals surface area contributed by atoms with Crippen molar-refractivity contribution < 1.29 is 23.2 Å². The molecule has 32 heavy (non-hydrogen) atoms. The molecule has 0 bridgehead atoms. The highest BCUT2D eigenvalue weighted by molar-refractivity contribution is 7.99. The standard InChI is InChI=1S/C20H14Cl2N2O6S2/c1-11-2-6-17(14(8-11)20(25)26)23-32(29,30)13-4-7-19(18(10-13)24(27)28)31-12-3-5-15(21)16(22)9-12/h2-10,23H,1H3,(H,25,26). The van der Waals surface area contributed by atoms with Crippen LogP contribution in [0.5, 0.6) is 0 Å². The van der Waals surface area contributed by atoms with Crippen molar-refractivity contribution in [2.24, 2.45) is 0 Å². The molecule has 3 rings (SSSR count). The van der Waals surface area contributed by atoms with Crippen molar-refractivity contribution in [2.75, 3.05) is 4.72 Å². The number of carboxylic acids is 1. The summed E-state index contributed by atoms with van der Waals surface area (Å²) in [5.74, 6) is -1.31. The molecule has 12 heteroatoms. The number of halogens is 2. The van der Waals surface area contributed by atoms with Crippen molar-refractivity contribution >= 4 is 62.3 Å². The molecule has 166 valence electrons. The molecule has 0 spiro atoms. The van der Waals surface area contributed by atoms with Crippen molar-refractivity contribution in [2.45, 2.75) is 21.6 Å². The largest absolute Gasteiger partial charge is 0.478 e. The molecule has 0 saturated carbocycles. The summed E-state index contributed by atoms with van der Waals surface area (Å²) in [5, 5.41) is 21.5. The zero-order valence-electron chi connectivity index (χ0n) is 16.2. The second kappa shape index (κ2) is 9.37. The monoisotopic (exact) mass is 512 g/mol. The first-order valence-corrected chi connectivity index (χ1v) is 11.8. The minimum atomic E-state index is -4.31. The maximum atomic E-state index is 12.8. The van der Waals surface area contributed by atoms with E-state index in [1.807, 2.05) is 0 Å². The predicted molar refractivity (Wildman–Crippen MR) is 123 cm³/mol. The Morgan fingerprint density at radius 3 is 2.41 bits per heavy atom. The maximum Gasteiger partial charge on any atom is 0.337 e. The fourth-order valence-corrected chi connectivity index (χ4v) is 5.09. The maximum absolute atomic E-state index is 12.8. The number of carboxylic acid groups (broad SMARTS) is 1. The van der Waals surface area contributed by atoms with E-state index in [1.54, 1.807) is 25.1 Å². The van der Waals surface area contributed by atoms with Gasteiger partial charge in [0.05, 0.1) is 36.0 Å². The Balaban J connectivity index is 1.98. The number of nitro groups is 1. The van der Waals surface area contributed by atoms with E-state index >= 15 is 0 Å². The molecule has 0 amide bonds. The van der Waals surface area contributed by atoms with E-state index in [2.05, 4.69) is 4.72 Å². The molecule has 0 saturated heterocycles. The van der Waals surface area contributed by atoms with Gasteiger partial charge >= 0.3 is 5.97 Å². The summed E-state index contributed by atoms with van der Waals surface area (Å²) in [6.07, 6.45) is 0. The van der Waals surface area contributed by atoms with Crippen LogP contribution in [0.1, 0.15) is 15.9 Å². The van der Waals surface area contributed by atoms with Gasteiger partial charge in [-0.15, -0.1) is 0 Å². The Bertz CT molecular complexity index is 1350. The summed E-state index contributed by atoms with van der Waals surface area (Å²) in [6.45, 7) is 1.67. The first-order chi connectivity index (χ1) is 15.0. The van der Waals surface area contributed by atoms with Crippen LogP contribution in [0.15, 0.2) is 69.3 Å². The van der Waals surface area contributed by atoms with Crippen LogP contribution in [0.3, 0.4) is 0 Å². The number of aryl methyl sites for hydroxylation is 1. The normalized spacial score (nSPS) is 11.2. The van der Waals surface area contributed by atoms with E-state index in [4.69, 9.17) is 23.2 Å². The van der Waals surface area contributed by atoms with Crippen molar-refractivity contribution in [3.8, 4) is 0 Å². The van der Waals surface area contributed by atoms with Crippen LogP contribution in [0.4, 0.5) is 11.4 Å². The SMILES string of the molecule is Cc1ccc(NS(=O)(=O)c2ccc(Sc3ccc(Cl)c(Cl)c3)c([N+](=O)[O-])c2)c(C(=O)O)c1. The predicted octanol–water partition coefficient (Wildman–Crippen LogP) is 5.86. The molecule has 0 aliphatic heterocycles. The highest BCUT2D eigenvalue weighted by Crippen LogP contribution is 2.38. The molecule has 0 aromatic heterocycles. The van der Waals surface area contributed by atoms with Gasteiger partial charge in [0, 0.05) is 11.0 Å². The number of aromatic carboxylic acids is 1. The molecule has 0 aliphatic rings. The van der Waals surface area contributed by atoms with Crippen LogP contribution in [0, 0.1) is 17.0 Å². The summed E-state index contributed by atoms with van der Waals surface area (Å²) >= 11 is 12.9. The number of hydrogen-bond acceptors (Lipinski definition) is 6. The number of nitrogens with zero attached hydrogens (tertiary/aromatic N) is 1.